The lowest BCUT2D eigenvalue weighted by molar-refractivity contribution is 0.0949. The van der Waals surface area contributed by atoms with Gasteiger partial charge in [0, 0.05) is 22.5 Å². The van der Waals surface area contributed by atoms with Gasteiger partial charge in [-0.25, -0.2) is 10.1 Å². The van der Waals surface area contributed by atoms with Crippen LogP contribution in [0.15, 0.2) is 46.3 Å². The molecule has 0 saturated heterocycles. The van der Waals surface area contributed by atoms with Crippen molar-refractivity contribution >= 4 is 46.1 Å². The second kappa shape index (κ2) is 7.77. The fourth-order valence-corrected chi connectivity index (χ4v) is 3.02. The number of nitrogens with zero attached hydrogens (tertiary/aromatic N) is 3. The molecule has 1 amide bonds. The molecule has 0 saturated carbocycles. The number of phenolic OH excluding ortho intramolecular Hbond substituents is 1. The molecule has 0 aliphatic rings. The Morgan fingerprint density at radius 2 is 2.00 bits per heavy atom. The minimum atomic E-state index is -0.600. The number of aryl methyl sites for hydroxylation is 1. The van der Waals surface area contributed by atoms with E-state index in [-0.39, 0.29) is 27.6 Å². The van der Waals surface area contributed by atoms with Crippen LogP contribution >= 0.6 is 23.2 Å². The Bertz CT molecular complexity index is 1130. The van der Waals surface area contributed by atoms with E-state index in [1.165, 1.54) is 23.0 Å². The van der Waals surface area contributed by atoms with Gasteiger partial charge in [0.15, 0.2) is 5.69 Å². The van der Waals surface area contributed by atoms with E-state index in [1.807, 2.05) is 0 Å². The van der Waals surface area contributed by atoms with Crippen LogP contribution in [0.2, 0.25) is 10.0 Å². The summed E-state index contributed by atoms with van der Waals surface area (Å²) in [6.45, 7) is 2.08. The van der Waals surface area contributed by atoms with Gasteiger partial charge in [-0.3, -0.25) is 9.59 Å². The van der Waals surface area contributed by atoms with E-state index in [9.17, 15) is 14.7 Å². The standard InChI is InChI=1S/C18H14Cl2N4O3/c1-2-24-18(27)13-6-4-3-5-12(13)15(23-24)17(26)22-21-9-10-7-11(19)8-14(20)16(10)25/h3-9,25H,2H2,1H3,(H,22,26)/b21-9+. The number of phenols is 1. The number of carbonyl (C=O) groups is 1. The van der Waals surface area contributed by atoms with Gasteiger partial charge in [-0.05, 0) is 25.1 Å². The molecule has 0 fully saturated rings. The third-order valence-corrected chi connectivity index (χ3v) is 4.32. The zero-order valence-corrected chi connectivity index (χ0v) is 15.6. The van der Waals surface area contributed by atoms with Crippen LogP contribution in [-0.4, -0.2) is 27.0 Å². The van der Waals surface area contributed by atoms with E-state index in [0.717, 1.165) is 0 Å². The van der Waals surface area contributed by atoms with E-state index in [4.69, 9.17) is 23.2 Å². The quantitative estimate of drug-likeness (QED) is 0.515. The van der Waals surface area contributed by atoms with Gasteiger partial charge in [-0.15, -0.1) is 0 Å². The largest absolute Gasteiger partial charge is 0.506 e. The van der Waals surface area contributed by atoms with Crippen LogP contribution in [0, 0.1) is 0 Å². The summed E-state index contributed by atoms with van der Waals surface area (Å²) in [5.41, 5.74) is 2.37. The second-order valence-electron chi connectivity index (χ2n) is 5.54. The Balaban J connectivity index is 1.94. The molecule has 7 nitrogen and oxygen atoms in total. The summed E-state index contributed by atoms with van der Waals surface area (Å²) in [5, 5.41) is 19.0. The minimum absolute atomic E-state index is 0.0672. The lowest BCUT2D eigenvalue weighted by Crippen LogP contribution is -2.28. The highest BCUT2D eigenvalue weighted by atomic mass is 35.5. The highest BCUT2D eigenvalue weighted by molar-refractivity contribution is 6.36. The number of aromatic nitrogens is 2. The molecular weight excluding hydrogens is 391 g/mol. The van der Waals surface area contributed by atoms with Crippen molar-refractivity contribution in [2.75, 3.05) is 0 Å². The number of nitrogens with one attached hydrogen (secondary N) is 1. The number of aromatic hydroxyl groups is 1. The zero-order chi connectivity index (χ0) is 19.6. The average molecular weight is 405 g/mol. The molecule has 1 aromatic heterocycles. The Labute approximate surface area is 163 Å². The third kappa shape index (κ3) is 3.79. The predicted octanol–water partition coefficient (Wildman–Crippen LogP) is 3.19. The van der Waals surface area contributed by atoms with Crippen LogP contribution in [0.5, 0.6) is 5.75 Å². The summed E-state index contributed by atoms with van der Waals surface area (Å²) in [6, 6.07) is 9.55. The second-order valence-corrected chi connectivity index (χ2v) is 6.38. The van der Waals surface area contributed by atoms with Gasteiger partial charge in [0.05, 0.1) is 16.6 Å². The summed E-state index contributed by atoms with van der Waals surface area (Å²) in [5.74, 6) is -0.806. The Hall–Kier alpha value is -2.90. The number of rotatable bonds is 4. The van der Waals surface area contributed by atoms with Gasteiger partial charge in [0.1, 0.15) is 5.75 Å². The molecule has 0 unspecified atom stereocenters. The summed E-state index contributed by atoms with van der Waals surface area (Å²) in [4.78, 5) is 24.9. The maximum atomic E-state index is 12.5. The fraction of sp³-hybridized carbons (Fsp3) is 0.111. The highest BCUT2D eigenvalue weighted by Gasteiger charge is 2.15. The molecule has 27 heavy (non-hydrogen) atoms. The summed E-state index contributed by atoms with van der Waals surface area (Å²) >= 11 is 11.7. The van der Waals surface area contributed by atoms with Gasteiger partial charge < -0.3 is 5.11 Å². The number of carbonyl (C=O) groups excluding carboxylic acids is 1. The van der Waals surface area contributed by atoms with Gasteiger partial charge in [-0.2, -0.15) is 10.2 Å². The molecule has 0 radical (unpaired) electrons. The van der Waals surface area contributed by atoms with Gasteiger partial charge in [0.25, 0.3) is 11.5 Å². The number of amides is 1. The molecule has 2 N–H and O–H groups in total. The van der Waals surface area contributed by atoms with E-state index in [2.05, 4.69) is 15.6 Å². The van der Waals surface area contributed by atoms with Crippen molar-refractivity contribution in [2.45, 2.75) is 13.5 Å². The van der Waals surface area contributed by atoms with E-state index < -0.39 is 5.91 Å². The van der Waals surface area contributed by atoms with Crippen molar-refractivity contribution in [3.8, 4) is 5.75 Å². The number of hydrazone groups is 1. The molecule has 3 aromatic rings. The monoisotopic (exact) mass is 404 g/mol. The smallest absolute Gasteiger partial charge is 0.292 e. The van der Waals surface area contributed by atoms with Crippen LogP contribution in [0.3, 0.4) is 0 Å². The Morgan fingerprint density at radius 3 is 2.70 bits per heavy atom. The third-order valence-electron chi connectivity index (χ3n) is 3.81. The van der Waals surface area contributed by atoms with E-state index >= 15 is 0 Å². The first kappa shape index (κ1) is 18.9. The molecule has 3 rings (SSSR count). The Morgan fingerprint density at radius 1 is 1.30 bits per heavy atom. The molecule has 0 aliphatic carbocycles. The van der Waals surface area contributed by atoms with Crippen molar-refractivity contribution in [3.63, 3.8) is 0 Å². The maximum absolute atomic E-state index is 12.5. The summed E-state index contributed by atoms with van der Waals surface area (Å²) in [7, 11) is 0. The number of hydrogen-bond acceptors (Lipinski definition) is 5. The van der Waals surface area contributed by atoms with Crippen LogP contribution in [0.4, 0.5) is 0 Å². The topological polar surface area (TPSA) is 96.6 Å². The lowest BCUT2D eigenvalue weighted by atomic mass is 10.1. The minimum Gasteiger partial charge on any atom is -0.506 e. The number of halogens is 2. The van der Waals surface area contributed by atoms with Gasteiger partial charge in [0.2, 0.25) is 0 Å². The fourth-order valence-electron chi connectivity index (χ4n) is 2.51. The first-order chi connectivity index (χ1) is 12.9. The molecule has 0 spiro atoms. The van der Waals surface area contributed by atoms with Crippen molar-refractivity contribution in [1.82, 2.24) is 15.2 Å². The van der Waals surface area contributed by atoms with E-state index in [0.29, 0.717) is 22.3 Å². The molecule has 9 heteroatoms. The van der Waals surface area contributed by atoms with Crippen molar-refractivity contribution in [3.05, 3.63) is 68.1 Å². The molecule has 2 aromatic carbocycles. The average Bonchev–Trinajstić information content (AvgIpc) is 2.66. The molecule has 0 atom stereocenters. The summed E-state index contributed by atoms with van der Waals surface area (Å²) < 4.78 is 1.21. The van der Waals surface area contributed by atoms with Crippen LogP contribution in [0.25, 0.3) is 10.8 Å². The van der Waals surface area contributed by atoms with Gasteiger partial charge >= 0.3 is 0 Å². The number of hydrogen-bond donors (Lipinski definition) is 2. The highest BCUT2D eigenvalue weighted by Crippen LogP contribution is 2.29. The molecule has 138 valence electrons. The first-order valence-electron chi connectivity index (χ1n) is 7.93. The normalized spacial score (nSPS) is 11.2. The van der Waals surface area contributed by atoms with E-state index in [1.54, 1.807) is 31.2 Å². The van der Waals surface area contributed by atoms with Crippen molar-refractivity contribution in [2.24, 2.45) is 5.10 Å². The first-order valence-corrected chi connectivity index (χ1v) is 8.69. The van der Waals surface area contributed by atoms with Crippen LogP contribution < -0.4 is 11.0 Å². The SMILES string of the molecule is CCn1nc(C(=O)N/N=C/c2cc(Cl)cc(Cl)c2O)c2ccccc2c1=O. The van der Waals surface area contributed by atoms with Crippen molar-refractivity contribution < 1.29 is 9.90 Å². The molecular formula is C18H14Cl2N4O3. The van der Waals surface area contributed by atoms with Crippen LogP contribution in [-0.2, 0) is 6.54 Å². The Kier molecular flexibility index (Phi) is 5.43. The molecule has 0 aliphatic heterocycles. The van der Waals surface area contributed by atoms with Gasteiger partial charge in [-0.1, -0.05) is 41.4 Å². The number of benzene rings is 2. The van der Waals surface area contributed by atoms with Crippen molar-refractivity contribution in [1.29, 1.82) is 0 Å². The van der Waals surface area contributed by atoms with Crippen LogP contribution in [0.1, 0.15) is 23.0 Å². The lowest BCUT2D eigenvalue weighted by Gasteiger charge is -2.08. The maximum Gasteiger partial charge on any atom is 0.292 e. The number of fused-ring (bicyclic) bond motifs is 1. The molecule has 1 heterocycles. The molecule has 0 bridgehead atoms. The summed E-state index contributed by atoms with van der Waals surface area (Å²) in [6.07, 6.45) is 1.21. The zero-order valence-electron chi connectivity index (χ0n) is 14.1. The predicted molar refractivity (Wildman–Crippen MR) is 105 cm³/mol.